The zero-order valence-electron chi connectivity index (χ0n) is 13.4. The van der Waals surface area contributed by atoms with Crippen molar-refractivity contribution in [3.8, 4) is 0 Å². The summed E-state index contributed by atoms with van der Waals surface area (Å²) in [6, 6.07) is 8.12. The number of benzene rings is 1. The fourth-order valence-electron chi connectivity index (χ4n) is 3.20. The van der Waals surface area contributed by atoms with Gasteiger partial charge in [0.05, 0.1) is 6.54 Å². The van der Waals surface area contributed by atoms with Crippen LogP contribution in [0.4, 0.5) is 5.69 Å². The summed E-state index contributed by atoms with van der Waals surface area (Å²) in [5.41, 5.74) is 1.43. The predicted octanol–water partition coefficient (Wildman–Crippen LogP) is 1.22. The molecule has 4 rings (SSSR count). The van der Waals surface area contributed by atoms with Crippen LogP contribution in [-0.2, 0) is 27.2 Å². The van der Waals surface area contributed by atoms with Gasteiger partial charge in [0.1, 0.15) is 5.82 Å². The molecular weight excluding hydrogens is 374 g/mol. The molecule has 0 fully saturated rings. The molecule has 0 radical (unpaired) electrons. The number of hydrogen-bond donors (Lipinski definition) is 0. The Morgan fingerprint density at radius 1 is 1.04 bits per heavy atom. The highest BCUT2D eigenvalue weighted by Gasteiger charge is 2.24. The molecule has 1 aliphatic heterocycles. The summed E-state index contributed by atoms with van der Waals surface area (Å²) in [7, 11) is 3.15. The lowest BCUT2D eigenvalue weighted by molar-refractivity contribution is 0.569. The molecule has 124 valence electrons. The summed E-state index contributed by atoms with van der Waals surface area (Å²) in [5.74, 6) is 0.803. The van der Waals surface area contributed by atoms with E-state index in [9.17, 15) is 9.59 Å². The Kier molecular flexibility index (Phi) is 3.38. The van der Waals surface area contributed by atoms with Gasteiger partial charge in [-0.25, -0.2) is 9.78 Å². The molecule has 0 N–H and O–H groups in total. The first-order valence-electron chi connectivity index (χ1n) is 7.63. The molecule has 0 aliphatic carbocycles. The fraction of sp³-hybridized carbons (Fsp3) is 0.312. The van der Waals surface area contributed by atoms with E-state index in [4.69, 9.17) is 0 Å². The van der Waals surface area contributed by atoms with Gasteiger partial charge in [0.15, 0.2) is 11.2 Å². The predicted molar refractivity (Wildman–Crippen MR) is 95.4 cm³/mol. The van der Waals surface area contributed by atoms with Crippen molar-refractivity contribution in [2.45, 2.75) is 13.1 Å². The van der Waals surface area contributed by atoms with Gasteiger partial charge in [0.2, 0.25) is 0 Å². The molecule has 0 amide bonds. The van der Waals surface area contributed by atoms with E-state index in [0.29, 0.717) is 24.3 Å². The van der Waals surface area contributed by atoms with Gasteiger partial charge >= 0.3 is 5.69 Å². The van der Waals surface area contributed by atoms with E-state index in [0.717, 1.165) is 27.1 Å². The summed E-state index contributed by atoms with van der Waals surface area (Å²) in [5, 5.41) is 0. The molecule has 0 bridgehead atoms. The number of aryl methyl sites for hydroxylation is 1. The second-order valence-corrected chi connectivity index (χ2v) is 6.87. The Hall–Kier alpha value is -2.35. The molecule has 8 heteroatoms. The van der Waals surface area contributed by atoms with Crippen molar-refractivity contribution in [1.82, 2.24) is 18.7 Å². The van der Waals surface area contributed by atoms with E-state index in [-0.39, 0.29) is 11.2 Å². The maximum Gasteiger partial charge on any atom is 0.332 e. The van der Waals surface area contributed by atoms with Gasteiger partial charge < -0.3 is 9.47 Å². The van der Waals surface area contributed by atoms with Gasteiger partial charge in [0.25, 0.3) is 5.56 Å². The zero-order chi connectivity index (χ0) is 17.0. The molecule has 0 spiro atoms. The maximum atomic E-state index is 12.5. The summed E-state index contributed by atoms with van der Waals surface area (Å²) in [6.07, 6.45) is 0. The van der Waals surface area contributed by atoms with Gasteiger partial charge in [-0.1, -0.05) is 15.9 Å². The number of nitrogens with zero attached hydrogens (tertiary/aromatic N) is 5. The average molecular weight is 390 g/mol. The van der Waals surface area contributed by atoms with Crippen LogP contribution in [0.15, 0.2) is 38.3 Å². The SMILES string of the molecule is Cn1c(=O)c2c(nc3n2CCN(c2ccc(Br)cc2)C3)n(C)c1=O. The van der Waals surface area contributed by atoms with Gasteiger partial charge in [-0.15, -0.1) is 0 Å². The third-order valence-electron chi connectivity index (χ3n) is 4.54. The summed E-state index contributed by atoms with van der Waals surface area (Å²) >= 11 is 3.44. The minimum Gasteiger partial charge on any atom is -0.362 e. The van der Waals surface area contributed by atoms with Crippen molar-refractivity contribution >= 4 is 32.8 Å². The molecule has 3 heterocycles. The summed E-state index contributed by atoms with van der Waals surface area (Å²) in [6.45, 7) is 2.05. The molecular formula is C16H16BrN5O2. The molecule has 0 saturated carbocycles. The van der Waals surface area contributed by atoms with Gasteiger partial charge in [-0.2, -0.15) is 0 Å². The number of imidazole rings is 1. The average Bonchev–Trinajstić information content (AvgIpc) is 2.97. The van der Waals surface area contributed by atoms with Crippen molar-refractivity contribution in [2.24, 2.45) is 14.1 Å². The second-order valence-electron chi connectivity index (χ2n) is 5.96. The Labute approximate surface area is 145 Å². The highest BCUT2D eigenvalue weighted by Crippen LogP contribution is 2.24. The Bertz CT molecular complexity index is 1060. The topological polar surface area (TPSA) is 65.1 Å². The van der Waals surface area contributed by atoms with Crippen LogP contribution in [-0.4, -0.2) is 25.2 Å². The summed E-state index contributed by atoms with van der Waals surface area (Å²) < 4.78 is 5.55. The summed E-state index contributed by atoms with van der Waals surface area (Å²) in [4.78, 5) is 31.4. The van der Waals surface area contributed by atoms with Crippen molar-refractivity contribution in [2.75, 3.05) is 11.4 Å². The second kappa shape index (κ2) is 5.34. The van der Waals surface area contributed by atoms with Crippen LogP contribution in [0, 0.1) is 0 Å². The third kappa shape index (κ3) is 2.13. The van der Waals surface area contributed by atoms with Crippen LogP contribution >= 0.6 is 15.9 Å². The monoisotopic (exact) mass is 389 g/mol. The number of fused-ring (bicyclic) bond motifs is 3. The van der Waals surface area contributed by atoms with Crippen molar-refractivity contribution in [3.05, 3.63) is 55.4 Å². The Balaban J connectivity index is 1.84. The molecule has 3 aromatic rings. The molecule has 1 aliphatic rings. The highest BCUT2D eigenvalue weighted by molar-refractivity contribution is 9.10. The van der Waals surface area contributed by atoms with Crippen LogP contribution in [0.1, 0.15) is 5.82 Å². The van der Waals surface area contributed by atoms with Crippen LogP contribution in [0.25, 0.3) is 11.2 Å². The molecule has 0 atom stereocenters. The number of hydrogen-bond acceptors (Lipinski definition) is 4. The number of anilines is 1. The smallest absolute Gasteiger partial charge is 0.332 e. The first kappa shape index (κ1) is 15.2. The normalized spacial score (nSPS) is 14.2. The van der Waals surface area contributed by atoms with Crippen LogP contribution in [0.5, 0.6) is 0 Å². The van der Waals surface area contributed by atoms with E-state index in [2.05, 4.69) is 37.9 Å². The number of aromatic nitrogens is 4. The minimum atomic E-state index is -0.354. The van der Waals surface area contributed by atoms with E-state index in [1.54, 1.807) is 7.05 Å². The molecule has 1 aromatic carbocycles. The fourth-order valence-corrected chi connectivity index (χ4v) is 3.46. The minimum absolute atomic E-state index is 0.288. The van der Waals surface area contributed by atoms with Gasteiger partial charge in [-0.3, -0.25) is 13.9 Å². The number of rotatable bonds is 1. The standard InChI is InChI=1S/C16H16BrN5O2/c1-19-14-13(15(23)20(2)16(19)24)22-8-7-21(9-12(22)18-14)11-5-3-10(17)4-6-11/h3-6H,7-9H2,1-2H3. The van der Waals surface area contributed by atoms with Gasteiger partial charge in [-0.05, 0) is 24.3 Å². The lowest BCUT2D eigenvalue weighted by Gasteiger charge is -2.29. The Morgan fingerprint density at radius 2 is 1.75 bits per heavy atom. The van der Waals surface area contributed by atoms with E-state index in [1.165, 1.54) is 11.6 Å². The van der Waals surface area contributed by atoms with E-state index in [1.807, 2.05) is 16.7 Å². The quantitative estimate of drug-likeness (QED) is 0.627. The first-order chi connectivity index (χ1) is 11.5. The van der Waals surface area contributed by atoms with Crippen molar-refractivity contribution in [1.29, 1.82) is 0 Å². The molecule has 0 saturated heterocycles. The first-order valence-corrected chi connectivity index (χ1v) is 8.42. The van der Waals surface area contributed by atoms with E-state index >= 15 is 0 Å². The molecule has 2 aromatic heterocycles. The molecule has 0 unspecified atom stereocenters. The van der Waals surface area contributed by atoms with Gasteiger partial charge in [0, 0.05) is 37.3 Å². The molecule has 7 nitrogen and oxygen atoms in total. The molecule has 24 heavy (non-hydrogen) atoms. The lowest BCUT2D eigenvalue weighted by Crippen LogP contribution is -2.38. The van der Waals surface area contributed by atoms with E-state index < -0.39 is 0 Å². The largest absolute Gasteiger partial charge is 0.362 e. The maximum absolute atomic E-state index is 12.5. The van der Waals surface area contributed by atoms with Crippen LogP contribution in [0.2, 0.25) is 0 Å². The lowest BCUT2D eigenvalue weighted by atomic mass is 10.2. The van der Waals surface area contributed by atoms with Crippen molar-refractivity contribution < 1.29 is 0 Å². The Morgan fingerprint density at radius 3 is 2.46 bits per heavy atom. The third-order valence-corrected chi connectivity index (χ3v) is 5.07. The zero-order valence-corrected chi connectivity index (χ0v) is 14.9. The van der Waals surface area contributed by atoms with Crippen LogP contribution in [0.3, 0.4) is 0 Å². The highest BCUT2D eigenvalue weighted by atomic mass is 79.9. The number of halogens is 1. The van der Waals surface area contributed by atoms with Crippen LogP contribution < -0.4 is 16.1 Å². The van der Waals surface area contributed by atoms with Crippen molar-refractivity contribution in [3.63, 3.8) is 0 Å².